The minimum atomic E-state index is -0.514. The number of primary amides is 1. The molecule has 2 aromatic carbocycles. The van der Waals surface area contributed by atoms with Gasteiger partial charge in [-0.1, -0.05) is 19.9 Å². The van der Waals surface area contributed by atoms with Crippen molar-refractivity contribution in [3.05, 3.63) is 47.7 Å². The zero-order valence-electron chi connectivity index (χ0n) is 22.7. The van der Waals surface area contributed by atoms with E-state index in [-0.39, 0.29) is 30.0 Å². The minimum absolute atomic E-state index is 0.0601. The van der Waals surface area contributed by atoms with Crippen LogP contribution in [-0.2, 0) is 16.0 Å². The monoisotopic (exact) mass is 532 g/mol. The quantitative estimate of drug-likeness (QED) is 0.387. The Kier molecular flexibility index (Phi) is 7.11. The van der Waals surface area contributed by atoms with Gasteiger partial charge in [0.2, 0.25) is 5.91 Å². The molecule has 1 aliphatic carbocycles. The van der Waals surface area contributed by atoms with E-state index in [9.17, 15) is 14.4 Å². The summed E-state index contributed by atoms with van der Waals surface area (Å²) < 4.78 is 12.7. The first-order valence-corrected chi connectivity index (χ1v) is 13.4. The third kappa shape index (κ3) is 5.23. The molecule has 206 valence electrons. The molecule has 0 bridgehead atoms. The van der Waals surface area contributed by atoms with Gasteiger partial charge in [-0.15, -0.1) is 0 Å². The molecule has 39 heavy (non-hydrogen) atoms. The zero-order valence-corrected chi connectivity index (χ0v) is 22.7. The maximum Gasteiger partial charge on any atom is 0.319 e. The summed E-state index contributed by atoms with van der Waals surface area (Å²) in [6.07, 6.45) is 4.03. The predicted molar refractivity (Wildman–Crippen MR) is 150 cm³/mol. The average Bonchev–Trinajstić information content (AvgIpc) is 3.21. The Bertz CT molecular complexity index is 1450. The van der Waals surface area contributed by atoms with Crippen molar-refractivity contribution in [1.82, 2.24) is 4.57 Å². The van der Waals surface area contributed by atoms with Crippen LogP contribution in [0.25, 0.3) is 22.0 Å². The molecule has 2 heterocycles. The van der Waals surface area contributed by atoms with Crippen LogP contribution in [0.15, 0.2) is 36.4 Å². The summed E-state index contributed by atoms with van der Waals surface area (Å²) in [5.41, 5.74) is 15.7. The number of aromatic nitrogens is 1. The Balaban J connectivity index is 1.54. The minimum Gasteiger partial charge on any atom is -0.497 e. The summed E-state index contributed by atoms with van der Waals surface area (Å²) in [5, 5.41) is 4.49. The van der Waals surface area contributed by atoms with Crippen LogP contribution in [0, 0.1) is 5.41 Å². The van der Waals surface area contributed by atoms with Crippen LogP contribution in [0.5, 0.6) is 5.75 Å². The van der Waals surface area contributed by atoms with Crippen molar-refractivity contribution >= 4 is 34.4 Å². The van der Waals surface area contributed by atoms with Gasteiger partial charge in [0, 0.05) is 40.9 Å². The molecule has 9 heteroatoms. The highest BCUT2D eigenvalue weighted by Crippen LogP contribution is 2.44. The number of ether oxygens (including phenoxy) is 2. The molecule has 5 rings (SSSR count). The van der Waals surface area contributed by atoms with E-state index in [0.717, 1.165) is 47.0 Å². The molecule has 1 aromatic heterocycles. The maximum atomic E-state index is 13.4. The Hall–Kier alpha value is -3.85. The Morgan fingerprint density at radius 3 is 2.49 bits per heavy atom. The standard InChI is InChI=1S/C30H36N4O5/c1-30(2)14-25-28(22-11-9-20(38-3)13-24(22)34(25)26(35)15-30)17-4-10-21(29(32)37)23(12-17)33-18-5-7-19(8-6-18)39-27(36)16-31/h4,9-13,18-19,33H,5-8,14-16,31H2,1-3H3,(H2,32,37). The molecule has 0 radical (unpaired) electrons. The number of carbonyl (C=O) groups excluding carboxylic acids is 3. The van der Waals surface area contributed by atoms with Gasteiger partial charge in [-0.3, -0.25) is 19.0 Å². The summed E-state index contributed by atoms with van der Waals surface area (Å²) in [4.78, 5) is 37.3. The number of esters is 1. The van der Waals surface area contributed by atoms with Gasteiger partial charge in [0.25, 0.3) is 5.91 Å². The lowest BCUT2D eigenvalue weighted by molar-refractivity contribution is -0.148. The molecule has 1 aliphatic heterocycles. The number of nitrogens with one attached hydrogen (secondary N) is 1. The summed E-state index contributed by atoms with van der Waals surface area (Å²) in [6, 6.07) is 11.5. The van der Waals surface area contributed by atoms with Gasteiger partial charge in [0.15, 0.2) is 0 Å². The second-order valence-electron chi connectivity index (χ2n) is 11.4. The molecule has 2 aliphatic rings. The van der Waals surface area contributed by atoms with E-state index in [4.69, 9.17) is 20.9 Å². The molecule has 0 spiro atoms. The number of hydrogen-bond acceptors (Lipinski definition) is 7. The highest BCUT2D eigenvalue weighted by molar-refractivity contribution is 6.06. The largest absolute Gasteiger partial charge is 0.497 e. The molecular weight excluding hydrogens is 496 g/mol. The fourth-order valence-electron chi connectivity index (χ4n) is 6.04. The Morgan fingerprint density at radius 2 is 1.82 bits per heavy atom. The molecule has 0 atom stereocenters. The van der Waals surface area contributed by atoms with Gasteiger partial charge in [-0.25, -0.2) is 0 Å². The maximum absolute atomic E-state index is 13.4. The van der Waals surface area contributed by atoms with Gasteiger partial charge < -0.3 is 26.3 Å². The van der Waals surface area contributed by atoms with Gasteiger partial charge >= 0.3 is 5.97 Å². The summed E-state index contributed by atoms with van der Waals surface area (Å²) in [5.74, 6) is -0.159. The summed E-state index contributed by atoms with van der Waals surface area (Å²) in [6.45, 7) is 4.10. The average molecular weight is 533 g/mol. The van der Waals surface area contributed by atoms with E-state index in [1.807, 2.05) is 34.9 Å². The fourth-order valence-corrected chi connectivity index (χ4v) is 6.04. The lowest BCUT2D eigenvalue weighted by Crippen LogP contribution is -2.33. The lowest BCUT2D eigenvalue weighted by atomic mass is 9.80. The number of amides is 1. The molecule has 0 unspecified atom stereocenters. The van der Waals surface area contributed by atoms with Crippen LogP contribution in [-0.4, -0.2) is 48.2 Å². The lowest BCUT2D eigenvalue weighted by Gasteiger charge is -2.31. The van der Waals surface area contributed by atoms with Crippen molar-refractivity contribution in [3.8, 4) is 16.9 Å². The van der Waals surface area contributed by atoms with E-state index in [2.05, 4.69) is 19.2 Å². The number of anilines is 1. The number of benzene rings is 2. The Morgan fingerprint density at radius 1 is 1.08 bits per heavy atom. The van der Waals surface area contributed by atoms with E-state index < -0.39 is 11.9 Å². The van der Waals surface area contributed by atoms with Crippen molar-refractivity contribution in [3.63, 3.8) is 0 Å². The fraction of sp³-hybridized carbons (Fsp3) is 0.433. The molecule has 1 saturated carbocycles. The smallest absolute Gasteiger partial charge is 0.319 e. The van der Waals surface area contributed by atoms with Crippen LogP contribution < -0.4 is 21.5 Å². The predicted octanol–water partition coefficient (Wildman–Crippen LogP) is 4.25. The topological polar surface area (TPSA) is 139 Å². The molecule has 3 aromatic rings. The third-order valence-electron chi connectivity index (χ3n) is 7.87. The van der Waals surface area contributed by atoms with E-state index in [1.54, 1.807) is 13.2 Å². The van der Waals surface area contributed by atoms with Crippen molar-refractivity contribution < 1.29 is 23.9 Å². The van der Waals surface area contributed by atoms with Crippen LogP contribution in [0.3, 0.4) is 0 Å². The van der Waals surface area contributed by atoms with Crippen LogP contribution in [0.4, 0.5) is 5.69 Å². The number of nitrogens with zero attached hydrogens (tertiary/aromatic N) is 1. The molecular formula is C30H36N4O5. The molecule has 9 nitrogen and oxygen atoms in total. The first kappa shape index (κ1) is 26.7. The highest BCUT2D eigenvalue weighted by atomic mass is 16.5. The molecule has 1 fully saturated rings. The van der Waals surface area contributed by atoms with Gasteiger partial charge in [-0.05, 0) is 67.3 Å². The molecule has 1 amide bonds. The van der Waals surface area contributed by atoms with Crippen LogP contribution >= 0.6 is 0 Å². The van der Waals surface area contributed by atoms with E-state index in [0.29, 0.717) is 36.3 Å². The summed E-state index contributed by atoms with van der Waals surface area (Å²) >= 11 is 0. The third-order valence-corrected chi connectivity index (χ3v) is 7.87. The molecule has 0 saturated heterocycles. The van der Waals surface area contributed by atoms with Crippen LogP contribution in [0.2, 0.25) is 0 Å². The number of carbonyl (C=O) groups is 3. The van der Waals surface area contributed by atoms with Crippen molar-refractivity contribution in [2.24, 2.45) is 16.9 Å². The zero-order chi connectivity index (χ0) is 27.9. The first-order chi connectivity index (χ1) is 18.6. The number of nitrogens with two attached hydrogens (primary N) is 2. The number of methoxy groups -OCH3 is 1. The summed E-state index contributed by atoms with van der Waals surface area (Å²) in [7, 11) is 1.61. The number of hydrogen-bond donors (Lipinski definition) is 3. The second-order valence-corrected chi connectivity index (χ2v) is 11.4. The SMILES string of the molecule is COc1ccc2c(-c3ccc(C(N)=O)c(NC4CCC(OC(=O)CN)CC4)c3)c3n(c2c1)C(=O)CC(C)(C)C3. The van der Waals surface area contributed by atoms with E-state index in [1.165, 1.54) is 0 Å². The Labute approximate surface area is 227 Å². The van der Waals surface area contributed by atoms with Crippen molar-refractivity contribution in [2.75, 3.05) is 19.0 Å². The van der Waals surface area contributed by atoms with Gasteiger partial charge in [0.1, 0.15) is 11.9 Å². The van der Waals surface area contributed by atoms with E-state index >= 15 is 0 Å². The molecule has 5 N–H and O–H groups in total. The normalized spacial score (nSPS) is 20.4. The van der Waals surface area contributed by atoms with Gasteiger partial charge in [0.05, 0.1) is 24.7 Å². The highest BCUT2D eigenvalue weighted by Gasteiger charge is 2.35. The number of fused-ring (bicyclic) bond motifs is 3. The van der Waals surface area contributed by atoms with Crippen LogP contribution in [0.1, 0.15) is 66.8 Å². The van der Waals surface area contributed by atoms with Crippen molar-refractivity contribution in [1.29, 1.82) is 0 Å². The van der Waals surface area contributed by atoms with Crippen molar-refractivity contribution in [2.45, 2.75) is 64.5 Å². The second kappa shape index (κ2) is 10.4. The van der Waals surface area contributed by atoms with Gasteiger partial charge in [-0.2, -0.15) is 0 Å². The number of rotatable bonds is 7. The first-order valence-electron chi connectivity index (χ1n) is 13.4.